The van der Waals surface area contributed by atoms with Crippen molar-refractivity contribution in [2.45, 2.75) is 6.42 Å². The fourth-order valence-electron chi connectivity index (χ4n) is 2.42. The Bertz CT molecular complexity index is 855. The highest BCUT2D eigenvalue weighted by molar-refractivity contribution is 6.30. The van der Waals surface area contributed by atoms with E-state index in [0.29, 0.717) is 16.3 Å². The van der Waals surface area contributed by atoms with Crippen LogP contribution >= 0.6 is 11.6 Å². The van der Waals surface area contributed by atoms with Crippen LogP contribution < -0.4 is 4.74 Å². The first-order chi connectivity index (χ1) is 11.6. The average Bonchev–Trinajstić information content (AvgIpc) is 2.98. The number of carbonyl (C=O) groups is 1. The first kappa shape index (κ1) is 16.1. The van der Waals surface area contributed by atoms with E-state index in [-0.39, 0.29) is 6.42 Å². The normalized spacial score (nSPS) is 10.6. The van der Waals surface area contributed by atoms with Gasteiger partial charge in [-0.05, 0) is 36.4 Å². The Balaban J connectivity index is 2.04. The van der Waals surface area contributed by atoms with Gasteiger partial charge in [0.1, 0.15) is 5.75 Å². The molecular formula is C18H15ClN2O3. The molecule has 3 aromatic rings. The molecule has 2 aromatic carbocycles. The molecule has 0 aliphatic rings. The third kappa shape index (κ3) is 3.41. The van der Waals surface area contributed by atoms with Crippen LogP contribution in [0.25, 0.3) is 16.9 Å². The monoisotopic (exact) mass is 342 g/mol. The predicted molar refractivity (Wildman–Crippen MR) is 91.9 cm³/mol. The molecule has 6 heteroatoms. The van der Waals surface area contributed by atoms with E-state index in [1.54, 1.807) is 30.1 Å². The summed E-state index contributed by atoms with van der Waals surface area (Å²) >= 11 is 5.92. The van der Waals surface area contributed by atoms with Crippen molar-refractivity contribution in [1.82, 2.24) is 9.78 Å². The van der Waals surface area contributed by atoms with E-state index >= 15 is 0 Å². The maximum Gasteiger partial charge on any atom is 0.307 e. The molecule has 0 fully saturated rings. The quantitative estimate of drug-likeness (QED) is 0.765. The predicted octanol–water partition coefficient (Wildman–Crippen LogP) is 3.83. The Morgan fingerprint density at radius 3 is 2.42 bits per heavy atom. The van der Waals surface area contributed by atoms with Crippen LogP contribution in [-0.4, -0.2) is 28.0 Å². The zero-order valence-electron chi connectivity index (χ0n) is 12.9. The molecule has 0 saturated carbocycles. The van der Waals surface area contributed by atoms with Crippen LogP contribution in [0.1, 0.15) is 5.56 Å². The first-order valence-corrected chi connectivity index (χ1v) is 7.65. The van der Waals surface area contributed by atoms with Gasteiger partial charge in [-0.2, -0.15) is 5.10 Å². The van der Waals surface area contributed by atoms with Crippen molar-refractivity contribution in [3.05, 3.63) is 65.3 Å². The molecule has 0 unspecified atom stereocenters. The Hall–Kier alpha value is -2.79. The van der Waals surface area contributed by atoms with E-state index in [4.69, 9.17) is 21.4 Å². The van der Waals surface area contributed by atoms with Gasteiger partial charge in [-0.25, -0.2) is 4.68 Å². The van der Waals surface area contributed by atoms with Gasteiger partial charge in [0.25, 0.3) is 0 Å². The van der Waals surface area contributed by atoms with Crippen LogP contribution in [0.4, 0.5) is 0 Å². The van der Waals surface area contributed by atoms with Crippen LogP contribution in [0, 0.1) is 0 Å². The van der Waals surface area contributed by atoms with Gasteiger partial charge in [-0.15, -0.1) is 0 Å². The molecule has 0 aliphatic carbocycles. The maximum atomic E-state index is 11.2. The topological polar surface area (TPSA) is 64.3 Å². The zero-order valence-corrected chi connectivity index (χ0v) is 13.7. The van der Waals surface area contributed by atoms with Crippen LogP contribution in [0.15, 0.2) is 54.7 Å². The van der Waals surface area contributed by atoms with E-state index in [1.165, 1.54) is 0 Å². The minimum atomic E-state index is -0.903. The fourth-order valence-corrected chi connectivity index (χ4v) is 2.55. The first-order valence-electron chi connectivity index (χ1n) is 7.27. The number of rotatable bonds is 5. The van der Waals surface area contributed by atoms with E-state index in [0.717, 1.165) is 17.0 Å². The molecule has 1 N–H and O–H groups in total. The number of nitrogens with zero attached hydrogens (tertiary/aromatic N) is 2. The highest BCUT2D eigenvalue weighted by atomic mass is 35.5. The number of ether oxygens (including phenoxy) is 1. The van der Waals surface area contributed by atoms with Crippen molar-refractivity contribution < 1.29 is 14.6 Å². The van der Waals surface area contributed by atoms with Crippen LogP contribution in [0.5, 0.6) is 5.75 Å². The summed E-state index contributed by atoms with van der Waals surface area (Å²) in [6, 6.07) is 14.6. The largest absolute Gasteiger partial charge is 0.497 e. The molecule has 1 aromatic heterocycles. The van der Waals surface area contributed by atoms with Crippen molar-refractivity contribution in [3.8, 4) is 22.7 Å². The zero-order chi connectivity index (χ0) is 17.1. The minimum Gasteiger partial charge on any atom is -0.497 e. The lowest BCUT2D eigenvalue weighted by atomic mass is 10.1. The van der Waals surface area contributed by atoms with Crippen molar-refractivity contribution in [1.29, 1.82) is 0 Å². The minimum absolute atomic E-state index is 0.103. The molecule has 0 aliphatic heterocycles. The molecule has 0 radical (unpaired) electrons. The van der Waals surface area contributed by atoms with E-state index in [1.807, 2.05) is 36.4 Å². The van der Waals surface area contributed by atoms with Gasteiger partial charge in [0, 0.05) is 22.3 Å². The Morgan fingerprint density at radius 1 is 1.17 bits per heavy atom. The number of aromatic nitrogens is 2. The van der Waals surface area contributed by atoms with Crippen LogP contribution in [-0.2, 0) is 11.2 Å². The molecule has 24 heavy (non-hydrogen) atoms. The third-order valence-corrected chi connectivity index (χ3v) is 3.84. The second kappa shape index (κ2) is 6.76. The second-order valence-electron chi connectivity index (χ2n) is 5.22. The molecule has 3 rings (SSSR count). The molecule has 0 saturated heterocycles. The molecule has 0 bridgehead atoms. The van der Waals surface area contributed by atoms with E-state index in [2.05, 4.69) is 5.10 Å². The third-order valence-electron chi connectivity index (χ3n) is 3.59. The van der Waals surface area contributed by atoms with Gasteiger partial charge in [-0.3, -0.25) is 4.79 Å². The van der Waals surface area contributed by atoms with Gasteiger partial charge >= 0.3 is 5.97 Å². The maximum absolute atomic E-state index is 11.2. The summed E-state index contributed by atoms with van der Waals surface area (Å²) in [5, 5.41) is 14.3. The number of halogens is 1. The number of hydrogen-bond donors (Lipinski definition) is 1. The van der Waals surface area contributed by atoms with Crippen molar-refractivity contribution >= 4 is 17.6 Å². The lowest BCUT2D eigenvalue weighted by Gasteiger charge is -2.03. The molecule has 0 spiro atoms. The molecule has 0 atom stereocenters. The van der Waals surface area contributed by atoms with Crippen molar-refractivity contribution in [2.24, 2.45) is 0 Å². The fraction of sp³-hybridized carbons (Fsp3) is 0.111. The summed E-state index contributed by atoms with van der Waals surface area (Å²) in [7, 11) is 1.60. The molecule has 122 valence electrons. The van der Waals surface area contributed by atoms with Crippen molar-refractivity contribution in [2.75, 3.05) is 7.11 Å². The Kier molecular flexibility index (Phi) is 4.53. The van der Waals surface area contributed by atoms with Gasteiger partial charge in [-0.1, -0.05) is 23.7 Å². The summed E-state index contributed by atoms with van der Waals surface area (Å²) in [6.07, 6.45) is 1.63. The smallest absolute Gasteiger partial charge is 0.307 e. The molecular weight excluding hydrogens is 328 g/mol. The summed E-state index contributed by atoms with van der Waals surface area (Å²) in [5.74, 6) is -0.158. The summed E-state index contributed by atoms with van der Waals surface area (Å²) < 4.78 is 6.82. The lowest BCUT2D eigenvalue weighted by Crippen LogP contribution is -2.00. The number of benzene rings is 2. The number of carboxylic acids is 1. The van der Waals surface area contributed by atoms with E-state index in [9.17, 15) is 4.79 Å². The molecule has 5 nitrogen and oxygen atoms in total. The highest BCUT2D eigenvalue weighted by Crippen LogP contribution is 2.26. The van der Waals surface area contributed by atoms with Gasteiger partial charge in [0.15, 0.2) is 0 Å². The van der Waals surface area contributed by atoms with Gasteiger partial charge in [0.2, 0.25) is 0 Å². The van der Waals surface area contributed by atoms with Crippen LogP contribution in [0.3, 0.4) is 0 Å². The number of carboxylic acid groups (broad SMARTS) is 1. The Labute approximate surface area is 144 Å². The number of methoxy groups -OCH3 is 1. The average molecular weight is 343 g/mol. The summed E-state index contributed by atoms with van der Waals surface area (Å²) in [6.45, 7) is 0. The highest BCUT2D eigenvalue weighted by Gasteiger charge is 2.15. The standard InChI is InChI=1S/C18H15ClN2O3/c1-24-16-8-6-15(7-9-16)21-11-13(10-17(22)23)18(20-21)12-2-4-14(19)5-3-12/h2-9,11H,10H2,1H3,(H,22,23). The van der Waals surface area contributed by atoms with Crippen LogP contribution in [0.2, 0.25) is 5.02 Å². The van der Waals surface area contributed by atoms with Gasteiger partial charge < -0.3 is 9.84 Å². The van der Waals surface area contributed by atoms with Gasteiger partial charge in [0.05, 0.1) is 24.9 Å². The van der Waals surface area contributed by atoms with Crippen molar-refractivity contribution in [3.63, 3.8) is 0 Å². The summed E-state index contributed by atoms with van der Waals surface area (Å²) in [4.78, 5) is 11.2. The SMILES string of the molecule is COc1ccc(-n2cc(CC(=O)O)c(-c3ccc(Cl)cc3)n2)cc1. The second-order valence-corrected chi connectivity index (χ2v) is 5.66. The Morgan fingerprint density at radius 2 is 1.83 bits per heavy atom. The lowest BCUT2D eigenvalue weighted by molar-refractivity contribution is -0.136. The summed E-state index contributed by atoms with van der Waals surface area (Å²) in [5.41, 5.74) is 2.91. The number of hydrogen-bond acceptors (Lipinski definition) is 3. The van der Waals surface area contributed by atoms with E-state index < -0.39 is 5.97 Å². The number of aliphatic carboxylic acids is 1. The molecule has 0 amide bonds. The molecule has 1 heterocycles.